The molecule has 4 aliphatic carbocycles. The smallest absolute Gasteiger partial charge is 0.325 e. The minimum Gasteiger partial charge on any atom is -0.349 e. The van der Waals surface area contributed by atoms with Gasteiger partial charge in [0.15, 0.2) is 5.54 Å². The molecule has 6 heteroatoms. The molecule has 1 unspecified atom stereocenters. The van der Waals surface area contributed by atoms with E-state index in [2.05, 4.69) is 10.6 Å². The van der Waals surface area contributed by atoms with E-state index < -0.39 is 11.6 Å². The summed E-state index contributed by atoms with van der Waals surface area (Å²) in [5.74, 6) is 1.53. The average molecular weight is 458 g/mol. The van der Waals surface area contributed by atoms with Crippen molar-refractivity contribution in [3.05, 3.63) is 71.8 Å². The number of amides is 4. The highest BCUT2D eigenvalue weighted by Gasteiger charge is 2.54. The maximum atomic E-state index is 13.8. The molecule has 4 bridgehead atoms. The second-order valence-corrected chi connectivity index (χ2v) is 11.0. The first-order valence-corrected chi connectivity index (χ1v) is 12.5. The lowest BCUT2D eigenvalue weighted by atomic mass is 9.53. The number of imide groups is 1. The summed E-state index contributed by atoms with van der Waals surface area (Å²) in [5.41, 5.74) is 0.299. The normalized spacial score (nSPS) is 33.8. The lowest BCUT2D eigenvalue weighted by Crippen LogP contribution is -2.61. The molecule has 4 saturated carbocycles. The molecule has 1 atom stereocenters. The molecule has 0 radical (unpaired) electrons. The van der Waals surface area contributed by atoms with Gasteiger partial charge in [-0.05, 0) is 67.4 Å². The number of hydrogen-bond donors (Lipinski definition) is 2. The molecule has 2 aromatic carbocycles. The number of carbonyl (C=O) groups is 3. The molecule has 34 heavy (non-hydrogen) atoms. The first kappa shape index (κ1) is 21.4. The molecule has 6 nitrogen and oxygen atoms in total. The Balaban J connectivity index is 1.23. The standard InChI is InChI=1S/C28H31N3O3/c32-24(29-27-14-20-11-21(15-27)13-22(12-20)16-27)18-31-25(33)28(30-26(31)34,23-9-5-2-6-10-23)17-19-7-3-1-4-8-19/h1-10,20-22H,11-18H2,(H,29,32)(H,30,34). The molecule has 5 aliphatic rings. The van der Waals surface area contributed by atoms with E-state index in [1.54, 1.807) is 0 Å². The second-order valence-electron chi connectivity index (χ2n) is 11.0. The molecule has 176 valence electrons. The van der Waals surface area contributed by atoms with Crippen molar-refractivity contribution in [2.75, 3.05) is 6.54 Å². The van der Waals surface area contributed by atoms with E-state index >= 15 is 0 Å². The van der Waals surface area contributed by atoms with Crippen LogP contribution in [0.4, 0.5) is 4.79 Å². The molecule has 2 aromatic rings. The summed E-state index contributed by atoms with van der Waals surface area (Å²) in [5, 5.41) is 6.25. The Morgan fingerprint density at radius 1 is 0.882 bits per heavy atom. The Morgan fingerprint density at radius 2 is 1.44 bits per heavy atom. The largest absolute Gasteiger partial charge is 0.349 e. The Morgan fingerprint density at radius 3 is 2.03 bits per heavy atom. The van der Waals surface area contributed by atoms with Gasteiger partial charge < -0.3 is 10.6 Å². The van der Waals surface area contributed by atoms with Crippen LogP contribution in [0.5, 0.6) is 0 Å². The number of benzene rings is 2. The van der Waals surface area contributed by atoms with Gasteiger partial charge in [-0.15, -0.1) is 0 Å². The van der Waals surface area contributed by atoms with Gasteiger partial charge in [0.05, 0.1) is 0 Å². The van der Waals surface area contributed by atoms with Crippen molar-refractivity contribution in [1.82, 2.24) is 15.5 Å². The Bertz CT molecular complexity index is 1080. The molecule has 0 spiro atoms. The number of rotatable bonds is 6. The molecule has 7 rings (SSSR count). The van der Waals surface area contributed by atoms with E-state index in [1.807, 2.05) is 60.7 Å². The van der Waals surface area contributed by atoms with Crippen molar-refractivity contribution in [3.63, 3.8) is 0 Å². The van der Waals surface area contributed by atoms with Gasteiger partial charge in [0.25, 0.3) is 5.91 Å². The highest BCUT2D eigenvalue weighted by molar-refractivity contribution is 6.09. The monoisotopic (exact) mass is 457 g/mol. The van der Waals surface area contributed by atoms with Gasteiger partial charge in [-0.3, -0.25) is 14.5 Å². The van der Waals surface area contributed by atoms with Gasteiger partial charge in [0.2, 0.25) is 5.91 Å². The van der Waals surface area contributed by atoms with Crippen LogP contribution in [-0.2, 0) is 21.5 Å². The van der Waals surface area contributed by atoms with Crippen molar-refractivity contribution in [2.45, 2.75) is 56.0 Å². The lowest BCUT2D eigenvalue weighted by Gasteiger charge is -2.56. The number of urea groups is 1. The number of nitrogens with one attached hydrogen (secondary N) is 2. The first-order valence-electron chi connectivity index (χ1n) is 12.5. The maximum Gasteiger partial charge on any atom is 0.325 e. The summed E-state index contributed by atoms with van der Waals surface area (Å²) < 4.78 is 0. The van der Waals surface area contributed by atoms with Crippen LogP contribution in [0.1, 0.15) is 49.7 Å². The van der Waals surface area contributed by atoms with Crippen LogP contribution in [0.15, 0.2) is 60.7 Å². The Labute approximate surface area is 200 Å². The zero-order valence-electron chi connectivity index (χ0n) is 19.3. The van der Waals surface area contributed by atoms with E-state index in [9.17, 15) is 14.4 Å². The van der Waals surface area contributed by atoms with E-state index in [0.29, 0.717) is 24.2 Å². The fraction of sp³-hybridized carbons (Fsp3) is 0.464. The average Bonchev–Trinajstić information content (AvgIpc) is 3.04. The van der Waals surface area contributed by atoms with Crippen LogP contribution in [-0.4, -0.2) is 34.8 Å². The van der Waals surface area contributed by atoms with Gasteiger partial charge >= 0.3 is 6.03 Å². The fourth-order valence-corrected chi connectivity index (χ4v) is 7.55. The van der Waals surface area contributed by atoms with Crippen LogP contribution in [0.25, 0.3) is 0 Å². The van der Waals surface area contributed by atoms with Crippen LogP contribution in [0, 0.1) is 17.8 Å². The van der Waals surface area contributed by atoms with Crippen molar-refractivity contribution >= 4 is 17.8 Å². The lowest BCUT2D eigenvalue weighted by molar-refractivity contribution is -0.137. The molecule has 1 heterocycles. The molecule has 0 aromatic heterocycles. The fourth-order valence-electron chi connectivity index (χ4n) is 7.55. The Kier molecular flexibility index (Phi) is 5.01. The predicted molar refractivity (Wildman–Crippen MR) is 128 cm³/mol. The van der Waals surface area contributed by atoms with Gasteiger partial charge in [-0.1, -0.05) is 60.7 Å². The van der Waals surface area contributed by atoms with E-state index in [4.69, 9.17) is 0 Å². The number of carbonyl (C=O) groups excluding carboxylic acids is 3. The minimum absolute atomic E-state index is 0.147. The van der Waals surface area contributed by atoms with E-state index in [0.717, 1.165) is 35.3 Å². The predicted octanol–water partition coefficient (Wildman–Crippen LogP) is 3.76. The molecule has 1 saturated heterocycles. The van der Waals surface area contributed by atoms with Gasteiger partial charge in [-0.2, -0.15) is 0 Å². The van der Waals surface area contributed by atoms with Crippen molar-refractivity contribution in [3.8, 4) is 0 Å². The summed E-state index contributed by atoms with van der Waals surface area (Å²) in [6.45, 7) is -0.240. The van der Waals surface area contributed by atoms with Crippen LogP contribution in [0.3, 0.4) is 0 Å². The highest BCUT2D eigenvalue weighted by atomic mass is 16.2. The van der Waals surface area contributed by atoms with E-state index in [-0.39, 0.29) is 23.9 Å². The van der Waals surface area contributed by atoms with Crippen LogP contribution < -0.4 is 10.6 Å². The zero-order valence-corrected chi connectivity index (χ0v) is 19.3. The topological polar surface area (TPSA) is 78.5 Å². The molecular formula is C28H31N3O3. The summed E-state index contributed by atoms with van der Waals surface area (Å²) >= 11 is 0. The van der Waals surface area contributed by atoms with Gasteiger partial charge in [0, 0.05) is 12.0 Å². The molecule has 2 N–H and O–H groups in total. The van der Waals surface area contributed by atoms with Crippen molar-refractivity contribution in [2.24, 2.45) is 17.8 Å². The number of hydrogen-bond acceptors (Lipinski definition) is 3. The summed E-state index contributed by atoms with van der Waals surface area (Å²) in [4.78, 5) is 41.2. The summed E-state index contributed by atoms with van der Waals surface area (Å²) in [6, 6.07) is 18.5. The SMILES string of the molecule is O=C(CN1C(=O)NC(Cc2ccccc2)(c2ccccc2)C1=O)NC12CC3CC(CC(C3)C1)C2. The highest BCUT2D eigenvalue weighted by Crippen LogP contribution is 2.55. The third kappa shape index (κ3) is 3.60. The summed E-state index contributed by atoms with van der Waals surface area (Å²) in [7, 11) is 0. The minimum atomic E-state index is -1.22. The molecular weight excluding hydrogens is 426 g/mol. The third-order valence-electron chi connectivity index (χ3n) is 8.50. The van der Waals surface area contributed by atoms with Gasteiger partial charge in [0.1, 0.15) is 6.54 Å². The maximum absolute atomic E-state index is 13.8. The first-order chi connectivity index (χ1) is 16.4. The number of nitrogens with zero attached hydrogens (tertiary/aromatic N) is 1. The Hall–Kier alpha value is -3.15. The quantitative estimate of drug-likeness (QED) is 0.649. The summed E-state index contributed by atoms with van der Waals surface area (Å²) in [6.07, 6.45) is 7.31. The molecule has 5 fully saturated rings. The third-order valence-corrected chi connectivity index (χ3v) is 8.50. The van der Waals surface area contributed by atoms with Crippen molar-refractivity contribution < 1.29 is 14.4 Å². The van der Waals surface area contributed by atoms with Crippen LogP contribution in [0.2, 0.25) is 0 Å². The molecule has 1 aliphatic heterocycles. The second kappa shape index (κ2) is 7.97. The van der Waals surface area contributed by atoms with E-state index in [1.165, 1.54) is 19.3 Å². The van der Waals surface area contributed by atoms with Gasteiger partial charge in [-0.25, -0.2) is 4.79 Å². The van der Waals surface area contributed by atoms with Crippen molar-refractivity contribution in [1.29, 1.82) is 0 Å². The zero-order chi connectivity index (χ0) is 23.3. The molecule has 4 amide bonds. The van der Waals surface area contributed by atoms with Crippen LogP contribution >= 0.6 is 0 Å².